The van der Waals surface area contributed by atoms with Gasteiger partial charge in [0.05, 0.1) is 27.1 Å². The van der Waals surface area contributed by atoms with E-state index in [2.05, 4.69) is 57.4 Å². The second kappa shape index (κ2) is 15.5. The average molecular weight is 469 g/mol. The molecule has 0 saturated carbocycles. The summed E-state index contributed by atoms with van der Waals surface area (Å²) < 4.78 is 12.1. The summed E-state index contributed by atoms with van der Waals surface area (Å²) in [6, 6.07) is 18.7. The Bertz CT molecular complexity index is 802. The predicted octanol–water partition coefficient (Wildman–Crippen LogP) is 7.30. The number of unbranched alkanes of at least 4 members (excludes halogenated alkanes) is 6. The lowest BCUT2D eigenvalue weighted by Gasteiger charge is -2.29. The maximum absolute atomic E-state index is 12.3. The maximum atomic E-state index is 12.3. The van der Waals surface area contributed by atoms with Crippen LogP contribution in [0.25, 0.3) is 0 Å². The van der Waals surface area contributed by atoms with Crippen molar-refractivity contribution in [1.82, 2.24) is 0 Å². The molecule has 2 rings (SSSR count). The second-order valence-corrected chi connectivity index (χ2v) is 10.1. The molecule has 0 radical (unpaired) electrons. The Hall–Kier alpha value is -2.33. The van der Waals surface area contributed by atoms with Gasteiger partial charge in [0.2, 0.25) is 6.29 Å². The van der Waals surface area contributed by atoms with Crippen molar-refractivity contribution >= 4 is 5.97 Å². The van der Waals surface area contributed by atoms with Gasteiger partial charge < -0.3 is 14.0 Å². The van der Waals surface area contributed by atoms with Crippen LogP contribution in [0, 0.1) is 0 Å². The molecule has 4 heteroatoms. The Morgan fingerprint density at radius 1 is 0.824 bits per heavy atom. The number of esters is 1. The molecule has 2 aromatic carbocycles. The van der Waals surface area contributed by atoms with Crippen LogP contribution >= 0.6 is 0 Å². The van der Waals surface area contributed by atoms with Crippen LogP contribution < -0.4 is 4.74 Å². The van der Waals surface area contributed by atoms with Gasteiger partial charge in [-0.3, -0.25) is 4.79 Å². The Balaban J connectivity index is 1.61. The van der Waals surface area contributed by atoms with E-state index in [1.807, 2.05) is 18.2 Å². The number of nitrogens with zero attached hydrogens (tertiary/aromatic N) is 1. The highest BCUT2D eigenvalue weighted by molar-refractivity contribution is 5.69. The van der Waals surface area contributed by atoms with Crippen molar-refractivity contribution in [3.05, 3.63) is 65.7 Å². The highest BCUT2D eigenvalue weighted by Crippen LogP contribution is 2.17. The van der Waals surface area contributed by atoms with Crippen molar-refractivity contribution in [2.75, 3.05) is 20.6 Å². The van der Waals surface area contributed by atoms with Crippen molar-refractivity contribution in [2.45, 2.75) is 90.9 Å². The van der Waals surface area contributed by atoms with Gasteiger partial charge >= 0.3 is 5.97 Å². The fourth-order valence-corrected chi connectivity index (χ4v) is 4.29. The molecule has 188 valence electrons. The van der Waals surface area contributed by atoms with Gasteiger partial charge in [0.1, 0.15) is 12.3 Å². The topological polar surface area (TPSA) is 35.5 Å². The minimum Gasteiger partial charge on any atom is -0.455 e. The fourth-order valence-electron chi connectivity index (χ4n) is 4.29. The van der Waals surface area contributed by atoms with Gasteiger partial charge in [-0.05, 0) is 30.5 Å². The van der Waals surface area contributed by atoms with Crippen molar-refractivity contribution in [3.8, 4) is 5.75 Å². The van der Waals surface area contributed by atoms with Crippen LogP contribution in [0.15, 0.2) is 54.6 Å². The third-order valence-electron chi connectivity index (χ3n) is 6.19. The number of aryl methyl sites for hydroxylation is 1. The summed E-state index contributed by atoms with van der Waals surface area (Å²) in [5.74, 6) is 0.534. The number of benzene rings is 2. The van der Waals surface area contributed by atoms with E-state index in [0.29, 0.717) is 6.42 Å². The molecular weight excluding hydrogens is 422 g/mol. The molecule has 0 fully saturated rings. The number of hydrogen-bond acceptors (Lipinski definition) is 3. The van der Waals surface area contributed by atoms with E-state index in [9.17, 15) is 4.79 Å². The van der Waals surface area contributed by atoms with Gasteiger partial charge in [-0.2, -0.15) is 0 Å². The molecule has 0 bridgehead atoms. The molecule has 2 aromatic rings. The van der Waals surface area contributed by atoms with E-state index >= 15 is 0 Å². The zero-order valence-electron chi connectivity index (χ0n) is 21.9. The molecule has 0 spiro atoms. The molecule has 0 saturated heterocycles. The van der Waals surface area contributed by atoms with Crippen LogP contribution in [0.3, 0.4) is 0 Å². The first kappa shape index (κ1) is 27.9. The highest BCUT2D eigenvalue weighted by atomic mass is 16.7. The molecule has 4 nitrogen and oxygen atoms in total. The van der Waals surface area contributed by atoms with Crippen LogP contribution in [-0.4, -0.2) is 37.4 Å². The summed E-state index contributed by atoms with van der Waals surface area (Å²) in [6.45, 7) is 5.90. The number of hydrogen-bond donors (Lipinski definition) is 0. The first-order valence-electron chi connectivity index (χ1n) is 13.2. The minimum absolute atomic E-state index is 0.206. The SMILES string of the molecule is CCCCCCCCCc1ccc(OC(C)OC(=O)CCC[N+](C)(C)Cc2ccccc2)cc1. The largest absolute Gasteiger partial charge is 0.455 e. The Labute approximate surface area is 207 Å². The minimum atomic E-state index is -0.590. The fraction of sp³-hybridized carbons (Fsp3) is 0.567. The van der Waals surface area contributed by atoms with E-state index in [1.165, 1.54) is 56.1 Å². The molecule has 34 heavy (non-hydrogen) atoms. The van der Waals surface area contributed by atoms with Crippen molar-refractivity contribution in [1.29, 1.82) is 0 Å². The lowest BCUT2D eigenvalue weighted by Crippen LogP contribution is -2.39. The summed E-state index contributed by atoms with van der Waals surface area (Å²) in [7, 11) is 4.39. The molecule has 0 aliphatic carbocycles. The van der Waals surface area contributed by atoms with Crippen molar-refractivity contribution < 1.29 is 18.8 Å². The van der Waals surface area contributed by atoms with Gasteiger partial charge in [-0.15, -0.1) is 0 Å². The summed E-state index contributed by atoms with van der Waals surface area (Å²) in [5.41, 5.74) is 2.65. The monoisotopic (exact) mass is 468 g/mol. The number of carbonyl (C=O) groups excluding carboxylic acids is 1. The average Bonchev–Trinajstić information content (AvgIpc) is 2.79. The van der Waals surface area contributed by atoms with E-state index in [4.69, 9.17) is 9.47 Å². The van der Waals surface area contributed by atoms with E-state index < -0.39 is 6.29 Å². The first-order chi connectivity index (χ1) is 16.4. The normalized spacial score (nSPS) is 12.4. The predicted molar refractivity (Wildman–Crippen MR) is 141 cm³/mol. The van der Waals surface area contributed by atoms with Gasteiger partial charge in [0.15, 0.2) is 0 Å². The third-order valence-corrected chi connectivity index (χ3v) is 6.19. The molecule has 0 heterocycles. The van der Waals surface area contributed by atoms with Crippen LogP contribution in [-0.2, 0) is 22.5 Å². The van der Waals surface area contributed by atoms with Crippen LogP contribution in [0.5, 0.6) is 5.75 Å². The van der Waals surface area contributed by atoms with Crippen LogP contribution in [0.4, 0.5) is 0 Å². The Morgan fingerprint density at radius 3 is 2.15 bits per heavy atom. The summed E-state index contributed by atoms with van der Waals surface area (Å²) in [4.78, 5) is 12.3. The first-order valence-corrected chi connectivity index (χ1v) is 13.2. The standard InChI is InChI=1S/C30H46NO3/c1-5-6-7-8-9-10-12-16-27-20-22-29(23-21-27)33-26(2)34-30(32)19-15-24-31(3,4)25-28-17-13-11-14-18-28/h11,13-14,17-18,20-23,26H,5-10,12,15-16,19,24-25H2,1-4H3/q+1. The van der Waals surface area contributed by atoms with Crippen molar-refractivity contribution in [2.24, 2.45) is 0 Å². The molecule has 1 atom stereocenters. The maximum Gasteiger partial charge on any atom is 0.309 e. The van der Waals surface area contributed by atoms with E-state index in [1.54, 1.807) is 6.92 Å². The van der Waals surface area contributed by atoms with Crippen LogP contribution in [0.1, 0.15) is 82.8 Å². The van der Waals surface area contributed by atoms with Gasteiger partial charge in [-0.1, -0.05) is 87.9 Å². The van der Waals surface area contributed by atoms with Gasteiger partial charge in [-0.25, -0.2) is 0 Å². The van der Waals surface area contributed by atoms with Crippen LogP contribution in [0.2, 0.25) is 0 Å². The summed E-state index contributed by atoms with van der Waals surface area (Å²) >= 11 is 0. The molecule has 0 aromatic heterocycles. The lowest BCUT2D eigenvalue weighted by molar-refractivity contribution is -0.903. The number of quaternary nitrogens is 1. The zero-order valence-corrected chi connectivity index (χ0v) is 21.9. The lowest BCUT2D eigenvalue weighted by atomic mass is 10.0. The smallest absolute Gasteiger partial charge is 0.309 e. The molecular formula is C30H46NO3+. The number of carbonyl (C=O) groups is 1. The van der Waals surface area contributed by atoms with E-state index in [-0.39, 0.29) is 5.97 Å². The zero-order chi connectivity index (χ0) is 24.7. The van der Waals surface area contributed by atoms with Gasteiger partial charge in [0.25, 0.3) is 0 Å². The highest BCUT2D eigenvalue weighted by Gasteiger charge is 2.18. The number of ether oxygens (including phenoxy) is 2. The van der Waals surface area contributed by atoms with Gasteiger partial charge in [0, 0.05) is 18.9 Å². The Kier molecular flexibility index (Phi) is 12.8. The molecule has 0 amide bonds. The molecule has 0 aliphatic heterocycles. The second-order valence-electron chi connectivity index (χ2n) is 10.1. The van der Waals surface area contributed by atoms with Crippen molar-refractivity contribution in [3.63, 3.8) is 0 Å². The summed E-state index contributed by atoms with van der Waals surface area (Å²) in [5, 5.41) is 0. The van der Waals surface area contributed by atoms with E-state index in [0.717, 1.165) is 36.2 Å². The summed E-state index contributed by atoms with van der Waals surface area (Å²) in [6.07, 6.45) is 11.0. The Morgan fingerprint density at radius 2 is 1.47 bits per heavy atom. The third kappa shape index (κ3) is 12.2. The molecule has 0 N–H and O–H groups in total. The molecule has 0 aliphatic rings. The molecule has 1 unspecified atom stereocenters. The number of rotatable bonds is 17. The quantitative estimate of drug-likeness (QED) is 0.106.